The summed E-state index contributed by atoms with van der Waals surface area (Å²) < 4.78 is 1.55. The summed E-state index contributed by atoms with van der Waals surface area (Å²) in [4.78, 5) is 0. The molecule has 0 saturated heterocycles. The van der Waals surface area contributed by atoms with Crippen molar-refractivity contribution >= 4 is 17.3 Å². The first-order valence-corrected chi connectivity index (χ1v) is 4.35. The highest BCUT2D eigenvalue weighted by Gasteiger charge is 2.01. The molecule has 2 aromatic rings. The molecule has 0 aliphatic rings. The number of aryl methyl sites for hydroxylation is 1. The highest BCUT2D eigenvalue weighted by Crippen LogP contribution is 2.15. The summed E-state index contributed by atoms with van der Waals surface area (Å²) in [5.41, 5.74) is 4.29. The molecule has 0 spiro atoms. The number of rotatable bonds is 3. The molecule has 1 aromatic heterocycles. The van der Waals surface area contributed by atoms with Gasteiger partial charge in [0.25, 0.3) is 0 Å². The number of hydrogen-bond donors (Lipinski definition) is 3. The summed E-state index contributed by atoms with van der Waals surface area (Å²) in [5, 5.41) is 14.1. The Balaban J connectivity index is 2.14. The van der Waals surface area contributed by atoms with E-state index in [1.807, 2.05) is 24.3 Å². The number of hydrogen-bond acceptors (Lipinski definition) is 6. The van der Waals surface area contributed by atoms with E-state index >= 15 is 0 Å². The maximum Gasteiger partial charge on any atom is 0.247 e. The Morgan fingerprint density at radius 1 is 1.20 bits per heavy atom. The zero-order valence-corrected chi connectivity index (χ0v) is 8.18. The molecule has 0 aliphatic carbocycles. The second kappa shape index (κ2) is 3.93. The van der Waals surface area contributed by atoms with Crippen molar-refractivity contribution in [2.45, 2.75) is 0 Å². The Bertz CT molecular complexity index is 433. The van der Waals surface area contributed by atoms with Gasteiger partial charge in [0.2, 0.25) is 5.95 Å². The molecule has 0 radical (unpaired) electrons. The molecule has 0 amide bonds. The molecule has 0 aliphatic heterocycles. The molecule has 78 valence electrons. The maximum atomic E-state index is 5.25. The van der Waals surface area contributed by atoms with Crippen LogP contribution in [0, 0.1) is 0 Å². The maximum absolute atomic E-state index is 5.25. The Kier molecular flexibility index (Phi) is 2.46. The van der Waals surface area contributed by atoms with E-state index in [1.54, 1.807) is 11.7 Å². The van der Waals surface area contributed by atoms with E-state index in [2.05, 4.69) is 26.3 Å². The largest absolute Gasteiger partial charge is 0.324 e. The molecule has 0 atom stereocenters. The SMILES string of the molecule is Cn1nnnc1Nc1ccc(NN)cc1. The van der Waals surface area contributed by atoms with Gasteiger partial charge in [0, 0.05) is 18.4 Å². The lowest BCUT2D eigenvalue weighted by molar-refractivity contribution is 0.715. The van der Waals surface area contributed by atoms with Gasteiger partial charge in [-0.2, -0.15) is 0 Å². The first-order chi connectivity index (χ1) is 7.29. The first kappa shape index (κ1) is 9.41. The van der Waals surface area contributed by atoms with Gasteiger partial charge in [-0.1, -0.05) is 5.10 Å². The van der Waals surface area contributed by atoms with Crippen LogP contribution < -0.4 is 16.6 Å². The topological polar surface area (TPSA) is 93.7 Å². The molecule has 0 fully saturated rings. The Morgan fingerprint density at radius 3 is 2.40 bits per heavy atom. The van der Waals surface area contributed by atoms with Gasteiger partial charge in [0.15, 0.2) is 0 Å². The summed E-state index contributed by atoms with van der Waals surface area (Å²) in [6, 6.07) is 7.46. The number of nitrogens with one attached hydrogen (secondary N) is 2. The van der Waals surface area contributed by atoms with Crippen LogP contribution in [0.4, 0.5) is 17.3 Å². The minimum Gasteiger partial charge on any atom is -0.324 e. The summed E-state index contributed by atoms with van der Waals surface area (Å²) in [5.74, 6) is 5.84. The number of nitrogen functional groups attached to an aromatic ring is 1. The van der Waals surface area contributed by atoms with E-state index in [0.717, 1.165) is 11.4 Å². The van der Waals surface area contributed by atoms with Crippen molar-refractivity contribution in [3.05, 3.63) is 24.3 Å². The van der Waals surface area contributed by atoms with Crippen LogP contribution in [-0.2, 0) is 7.05 Å². The molecule has 1 heterocycles. The summed E-state index contributed by atoms with van der Waals surface area (Å²) in [7, 11) is 1.76. The highest BCUT2D eigenvalue weighted by atomic mass is 15.6. The number of aromatic nitrogens is 4. The number of anilines is 3. The Morgan fingerprint density at radius 2 is 1.87 bits per heavy atom. The lowest BCUT2D eigenvalue weighted by atomic mass is 10.3. The van der Waals surface area contributed by atoms with Crippen LogP contribution in [0.25, 0.3) is 0 Å². The van der Waals surface area contributed by atoms with Gasteiger partial charge in [0.1, 0.15) is 0 Å². The smallest absolute Gasteiger partial charge is 0.247 e. The van der Waals surface area contributed by atoms with E-state index in [4.69, 9.17) is 5.84 Å². The van der Waals surface area contributed by atoms with Crippen molar-refractivity contribution in [2.24, 2.45) is 12.9 Å². The van der Waals surface area contributed by atoms with Gasteiger partial charge in [-0.05, 0) is 34.7 Å². The third-order valence-corrected chi connectivity index (χ3v) is 1.93. The Labute approximate surface area is 86.2 Å². The van der Waals surface area contributed by atoms with Gasteiger partial charge >= 0.3 is 0 Å². The van der Waals surface area contributed by atoms with Gasteiger partial charge in [-0.25, -0.2) is 4.68 Å². The predicted octanol–water partition coefficient (Wildman–Crippen LogP) is 0.239. The summed E-state index contributed by atoms with van der Waals surface area (Å²) in [6.07, 6.45) is 0. The fourth-order valence-electron chi connectivity index (χ4n) is 1.11. The fourth-order valence-corrected chi connectivity index (χ4v) is 1.11. The summed E-state index contributed by atoms with van der Waals surface area (Å²) in [6.45, 7) is 0. The quantitative estimate of drug-likeness (QED) is 0.491. The van der Waals surface area contributed by atoms with E-state index in [1.165, 1.54) is 0 Å². The van der Waals surface area contributed by atoms with Crippen LogP contribution in [0.3, 0.4) is 0 Å². The van der Waals surface area contributed by atoms with Crippen LogP contribution in [0.5, 0.6) is 0 Å². The normalized spacial score (nSPS) is 10.0. The second-order valence-electron chi connectivity index (χ2n) is 2.97. The number of benzene rings is 1. The van der Waals surface area contributed by atoms with E-state index in [0.29, 0.717) is 5.95 Å². The van der Waals surface area contributed by atoms with Gasteiger partial charge in [0.05, 0.1) is 0 Å². The Hall–Kier alpha value is -2.15. The number of hydrazine groups is 1. The van der Waals surface area contributed by atoms with Crippen LogP contribution in [0.2, 0.25) is 0 Å². The predicted molar refractivity (Wildman–Crippen MR) is 56.3 cm³/mol. The third-order valence-electron chi connectivity index (χ3n) is 1.93. The van der Waals surface area contributed by atoms with Crippen molar-refractivity contribution in [3.63, 3.8) is 0 Å². The average Bonchev–Trinajstić information content (AvgIpc) is 2.66. The first-order valence-electron chi connectivity index (χ1n) is 4.35. The minimum absolute atomic E-state index is 0.587. The van der Waals surface area contributed by atoms with Crippen LogP contribution >= 0.6 is 0 Å². The zero-order valence-electron chi connectivity index (χ0n) is 8.18. The van der Waals surface area contributed by atoms with Crippen molar-refractivity contribution in [1.29, 1.82) is 0 Å². The van der Waals surface area contributed by atoms with Crippen LogP contribution in [-0.4, -0.2) is 20.2 Å². The second-order valence-corrected chi connectivity index (χ2v) is 2.97. The van der Waals surface area contributed by atoms with E-state index < -0.39 is 0 Å². The van der Waals surface area contributed by atoms with Crippen molar-refractivity contribution < 1.29 is 0 Å². The molecule has 1 aromatic carbocycles. The monoisotopic (exact) mass is 205 g/mol. The molecule has 15 heavy (non-hydrogen) atoms. The lowest BCUT2D eigenvalue weighted by Gasteiger charge is -2.04. The molecule has 0 saturated carbocycles. The molecule has 7 heteroatoms. The molecular formula is C8H11N7. The van der Waals surface area contributed by atoms with Crippen molar-refractivity contribution in [1.82, 2.24) is 20.2 Å². The average molecular weight is 205 g/mol. The van der Waals surface area contributed by atoms with Crippen molar-refractivity contribution in [2.75, 3.05) is 10.7 Å². The van der Waals surface area contributed by atoms with Gasteiger partial charge in [-0.15, -0.1) is 0 Å². The molecule has 0 unspecified atom stereocenters. The molecule has 4 N–H and O–H groups in total. The molecule has 2 rings (SSSR count). The standard InChI is InChI=1S/C8H11N7/c1-15-8(12-13-14-15)10-6-2-4-7(11-9)5-3-6/h2-5,11H,9H2,1H3,(H,10,12,14). The van der Waals surface area contributed by atoms with Gasteiger partial charge < -0.3 is 10.7 Å². The minimum atomic E-state index is 0.587. The van der Waals surface area contributed by atoms with Crippen LogP contribution in [0.15, 0.2) is 24.3 Å². The lowest BCUT2D eigenvalue weighted by Crippen LogP contribution is -2.06. The van der Waals surface area contributed by atoms with Crippen LogP contribution in [0.1, 0.15) is 0 Å². The summed E-state index contributed by atoms with van der Waals surface area (Å²) >= 11 is 0. The van der Waals surface area contributed by atoms with Crippen molar-refractivity contribution in [3.8, 4) is 0 Å². The molecular weight excluding hydrogens is 194 g/mol. The highest BCUT2D eigenvalue weighted by molar-refractivity contribution is 5.57. The van der Waals surface area contributed by atoms with Gasteiger partial charge in [-0.3, -0.25) is 5.84 Å². The number of nitrogens with two attached hydrogens (primary N) is 1. The number of tetrazole rings is 1. The molecule has 7 nitrogen and oxygen atoms in total. The number of nitrogens with zero attached hydrogens (tertiary/aromatic N) is 4. The fraction of sp³-hybridized carbons (Fsp3) is 0.125. The third kappa shape index (κ3) is 2.02. The molecule has 0 bridgehead atoms. The van der Waals surface area contributed by atoms with E-state index in [9.17, 15) is 0 Å². The van der Waals surface area contributed by atoms with E-state index in [-0.39, 0.29) is 0 Å². The zero-order chi connectivity index (χ0) is 10.7.